The predicted octanol–water partition coefficient (Wildman–Crippen LogP) is 2.92. The molecular formula is C15H15N3. The number of nitrogens with one attached hydrogen (secondary N) is 1. The summed E-state index contributed by atoms with van der Waals surface area (Å²) in [6.07, 6.45) is 6.17. The van der Waals surface area contributed by atoms with Crippen molar-refractivity contribution in [2.75, 3.05) is 5.73 Å². The Bertz CT molecular complexity index is 656. The molecule has 1 aromatic heterocycles. The van der Waals surface area contributed by atoms with E-state index in [0.717, 1.165) is 22.2 Å². The van der Waals surface area contributed by atoms with E-state index in [1.165, 1.54) is 0 Å². The minimum Gasteiger partial charge on any atom is -0.383 e. The Morgan fingerprint density at radius 3 is 2.94 bits per heavy atom. The third-order valence-corrected chi connectivity index (χ3v) is 3.14. The standard InChI is InChI=1S/C15H15N3/c1-10-5-4-8-13(17-10)14-9-11-6-2-3-7-12(11)15(16)18-14/h2-9,13,17H,1H3,(H2,16,18). The molecule has 1 aliphatic rings. The summed E-state index contributed by atoms with van der Waals surface area (Å²) < 4.78 is 0. The van der Waals surface area contributed by atoms with Gasteiger partial charge in [-0.2, -0.15) is 0 Å². The molecule has 1 aliphatic heterocycles. The summed E-state index contributed by atoms with van der Waals surface area (Å²) in [7, 11) is 0. The monoisotopic (exact) mass is 237 g/mol. The van der Waals surface area contributed by atoms with Gasteiger partial charge < -0.3 is 11.1 Å². The number of hydrogen-bond donors (Lipinski definition) is 2. The van der Waals surface area contributed by atoms with E-state index in [-0.39, 0.29) is 6.04 Å². The lowest BCUT2D eigenvalue weighted by Crippen LogP contribution is -2.21. The Kier molecular flexibility index (Phi) is 2.52. The number of anilines is 1. The highest BCUT2D eigenvalue weighted by molar-refractivity contribution is 5.91. The van der Waals surface area contributed by atoms with E-state index in [0.29, 0.717) is 5.82 Å². The third kappa shape index (κ3) is 1.84. The Balaban J connectivity index is 2.08. The van der Waals surface area contributed by atoms with E-state index in [4.69, 9.17) is 5.73 Å². The van der Waals surface area contributed by atoms with Gasteiger partial charge in [-0.05, 0) is 24.5 Å². The van der Waals surface area contributed by atoms with E-state index < -0.39 is 0 Å². The molecule has 0 saturated heterocycles. The molecule has 1 atom stereocenters. The average molecular weight is 237 g/mol. The highest BCUT2D eigenvalue weighted by Crippen LogP contribution is 2.25. The Labute approximate surface area is 106 Å². The van der Waals surface area contributed by atoms with Crippen LogP contribution in [0.5, 0.6) is 0 Å². The highest BCUT2D eigenvalue weighted by Gasteiger charge is 2.13. The SMILES string of the molecule is CC1=CC=CC(c2cc3ccccc3c(N)n2)N1. The van der Waals surface area contributed by atoms with Gasteiger partial charge in [0.15, 0.2) is 0 Å². The molecule has 0 saturated carbocycles. The van der Waals surface area contributed by atoms with Gasteiger partial charge in [0.25, 0.3) is 0 Å². The Morgan fingerprint density at radius 2 is 2.11 bits per heavy atom. The van der Waals surface area contributed by atoms with Crippen LogP contribution >= 0.6 is 0 Å². The van der Waals surface area contributed by atoms with Gasteiger partial charge in [-0.3, -0.25) is 0 Å². The molecule has 0 aliphatic carbocycles. The number of benzene rings is 1. The van der Waals surface area contributed by atoms with Gasteiger partial charge >= 0.3 is 0 Å². The van der Waals surface area contributed by atoms with Crippen molar-refractivity contribution in [1.82, 2.24) is 10.3 Å². The maximum Gasteiger partial charge on any atom is 0.131 e. The molecule has 3 nitrogen and oxygen atoms in total. The lowest BCUT2D eigenvalue weighted by Gasteiger charge is -2.20. The fraction of sp³-hybridized carbons (Fsp3) is 0.133. The fourth-order valence-electron chi connectivity index (χ4n) is 2.23. The molecular weight excluding hydrogens is 222 g/mol. The molecule has 0 fully saturated rings. The first-order valence-electron chi connectivity index (χ1n) is 6.01. The van der Waals surface area contributed by atoms with Gasteiger partial charge in [0.2, 0.25) is 0 Å². The molecule has 2 heterocycles. The van der Waals surface area contributed by atoms with E-state index in [1.54, 1.807) is 0 Å². The molecule has 3 rings (SSSR count). The van der Waals surface area contributed by atoms with E-state index in [9.17, 15) is 0 Å². The maximum atomic E-state index is 6.02. The van der Waals surface area contributed by atoms with Crippen LogP contribution in [0.2, 0.25) is 0 Å². The zero-order valence-corrected chi connectivity index (χ0v) is 10.2. The minimum atomic E-state index is 0.0990. The van der Waals surface area contributed by atoms with Crippen molar-refractivity contribution in [1.29, 1.82) is 0 Å². The average Bonchev–Trinajstić information content (AvgIpc) is 2.39. The predicted molar refractivity (Wildman–Crippen MR) is 74.9 cm³/mol. The number of aromatic nitrogens is 1. The third-order valence-electron chi connectivity index (χ3n) is 3.14. The summed E-state index contributed by atoms with van der Waals surface area (Å²) in [5.74, 6) is 0.588. The molecule has 0 amide bonds. The number of dihydropyridines is 1. The number of allylic oxidation sites excluding steroid dienone is 3. The molecule has 3 heteroatoms. The topological polar surface area (TPSA) is 50.9 Å². The number of nitrogen functional groups attached to an aromatic ring is 1. The van der Waals surface area contributed by atoms with Crippen LogP contribution in [0.15, 0.2) is 54.3 Å². The highest BCUT2D eigenvalue weighted by atomic mass is 15.0. The van der Waals surface area contributed by atoms with Gasteiger partial charge in [0.1, 0.15) is 5.82 Å². The molecule has 0 radical (unpaired) electrons. The largest absolute Gasteiger partial charge is 0.383 e. The van der Waals surface area contributed by atoms with Crippen molar-refractivity contribution in [3.8, 4) is 0 Å². The molecule has 3 N–H and O–H groups in total. The minimum absolute atomic E-state index is 0.0990. The number of pyridine rings is 1. The molecule has 0 spiro atoms. The molecule has 90 valence electrons. The number of hydrogen-bond acceptors (Lipinski definition) is 3. The second kappa shape index (κ2) is 4.18. The summed E-state index contributed by atoms with van der Waals surface area (Å²) >= 11 is 0. The lowest BCUT2D eigenvalue weighted by molar-refractivity contribution is 0.686. The van der Waals surface area contributed by atoms with Gasteiger partial charge in [-0.1, -0.05) is 36.4 Å². The van der Waals surface area contributed by atoms with Crippen LogP contribution in [0.4, 0.5) is 5.82 Å². The van der Waals surface area contributed by atoms with Crippen LogP contribution in [-0.4, -0.2) is 4.98 Å². The van der Waals surface area contributed by atoms with Crippen molar-refractivity contribution in [2.24, 2.45) is 0 Å². The fourth-order valence-corrected chi connectivity index (χ4v) is 2.23. The van der Waals surface area contributed by atoms with Gasteiger partial charge in [0, 0.05) is 11.1 Å². The maximum absolute atomic E-state index is 6.02. The second-order valence-electron chi connectivity index (χ2n) is 4.51. The van der Waals surface area contributed by atoms with Crippen LogP contribution in [0, 0.1) is 0 Å². The number of rotatable bonds is 1. The van der Waals surface area contributed by atoms with E-state index in [1.807, 2.05) is 37.3 Å². The Morgan fingerprint density at radius 1 is 1.28 bits per heavy atom. The zero-order valence-electron chi connectivity index (χ0n) is 10.2. The van der Waals surface area contributed by atoms with Crippen LogP contribution in [0.1, 0.15) is 18.7 Å². The van der Waals surface area contributed by atoms with Crippen LogP contribution in [0.3, 0.4) is 0 Å². The number of nitrogens with two attached hydrogens (primary N) is 1. The first-order chi connectivity index (χ1) is 8.74. The molecule has 0 bridgehead atoms. The molecule has 1 aromatic carbocycles. The van der Waals surface area contributed by atoms with E-state index in [2.05, 4.69) is 28.5 Å². The van der Waals surface area contributed by atoms with Crippen LogP contribution in [0.25, 0.3) is 10.8 Å². The Hall–Kier alpha value is -2.29. The summed E-state index contributed by atoms with van der Waals surface area (Å²) in [6, 6.07) is 10.2. The summed E-state index contributed by atoms with van der Waals surface area (Å²) in [6.45, 7) is 2.04. The normalized spacial score (nSPS) is 18.5. The van der Waals surface area contributed by atoms with E-state index >= 15 is 0 Å². The summed E-state index contributed by atoms with van der Waals surface area (Å²) in [5, 5.41) is 5.52. The first kappa shape index (κ1) is 10.8. The first-order valence-corrected chi connectivity index (χ1v) is 6.01. The van der Waals surface area contributed by atoms with Crippen molar-refractivity contribution in [3.05, 3.63) is 60.0 Å². The van der Waals surface area contributed by atoms with Crippen LogP contribution < -0.4 is 11.1 Å². The van der Waals surface area contributed by atoms with Crippen molar-refractivity contribution >= 4 is 16.6 Å². The lowest BCUT2D eigenvalue weighted by atomic mass is 10.1. The van der Waals surface area contributed by atoms with Crippen molar-refractivity contribution in [2.45, 2.75) is 13.0 Å². The molecule has 2 aromatic rings. The molecule has 18 heavy (non-hydrogen) atoms. The van der Waals surface area contributed by atoms with Crippen molar-refractivity contribution < 1.29 is 0 Å². The zero-order chi connectivity index (χ0) is 12.5. The van der Waals surface area contributed by atoms with Crippen molar-refractivity contribution in [3.63, 3.8) is 0 Å². The second-order valence-corrected chi connectivity index (χ2v) is 4.51. The smallest absolute Gasteiger partial charge is 0.131 e. The van der Waals surface area contributed by atoms with Crippen LogP contribution in [-0.2, 0) is 0 Å². The summed E-state index contributed by atoms with van der Waals surface area (Å²) in [5.41, 5.74) is 8.11. The van der Waals surface area contributed by atoms with Gasteiger partial charge in [-0.25, -0.2) is 4.98 Å². The summed E-state index contributed by atoms with van der Waals surface area (Å²) in [4.78, 5) is 4.50. The van der Waals surface area contributed by atoms with Gasteiger partial charge in [0.05, 0.1) is 11.7 Å². The number of nitrogens with zero attached hydrogens (tertiary/aromatic N) is 1. The molecule has 1 unspecified atom stereocenters. The number of fused-ring (bicyclic) bond motifs is 1. The quantitative estimate of drug-likeness (QED) is 0.801. The van der Waals surface area contributed by atoms with Gasteiger partial charge in [-0.15, -0.1) is 0 Å².